The summed E-state index contributed by atoms with van der Waals surface area (Å²) in [4.78, 5) is 21.7. The minimum Gasteiger partial charge on any atom is -0.361 e. The van der Waals surface area contributed by atoms with E-state index in [2.05, 4.69) is 25.5 Å². The number of hydrogen-bond donors (Lipinski definition) is 2. The van der Waals surface area contributed by atoms with E-state index in [9.17, 15) is 18.0 Å². The molecule has 1 fully saturated rings. The predicted molar refractivity (Wildman–Crippen MR) is 95.8 cm³/mol. The molecule has 10 heteroatoms. The van der Waals surface area contributed by atoms with Crippen molar-refractivity contribution in [1.82, 2.24) is 25.5 Å². The molecule has 146 valence electrons. The van der Waals surface area contributed by atoms with Gasteiger partial charge in [0.05, 0.1) is 0 Å². The van der Waals surface area contributed by atoms with Gasteiger partial charge in [-0.15, -0.1) is 10.2 Å². The Morgan fingerprint density at radius 3 is 2.79 bits per heavy atom. The van der Waals surface area contributed by atoms with E-state index < -0.39 is 11.9 Å². The van der Waals surface area contributed by atoms with Crippen molar-refractivity contribution < 1.29 is 18.0 Å². The molecule has 2 atom stereocenters. The maximum atomic E-state index is 12.7. The molecule has 0 bridgehead atoms. The second-order valence-corrected chi connectivity index (χ2v) is 6.78. The maximum Gasteiger partial charge on any atom is 0.435 e. The predicted octanol–water partition coefficient (Wildman–Crippen LogP) is 2.77. The molecule has 3 aromatic rings. The van der Waals surface area contributed by atoms with Crippen LogP contribution in [0.15, 0.2) is 36.7 Å². The number of rotatable bonds is 3. The van der Waals surface area contributed by atoms with Crippen LogP contribution >= 0.6 is 0 Å². The van der Waals surface area contributed by atoms with E-state index in [4.69, 9.17) is 0 Å². The summed E-state index contributed by atoms with van der Waals surface area (Å²) in [5.41, 5.74) is 0.124. The number of H-pyrrole nitrogens is 1. The monoisotopic (exact) mass is 390 g/mol. The van der Waals surface area contributed by atoms with Crippen molar-refractivity contribution in [3.8, 4) is 0 Å². The number of carbonyl (C=O) groups is 1. The van der Waals surface area contributed by atoms with Crippen LogP contribution in [0.2, 0.25) is 0 Å². The highest BCUT2D eigenvalue weighted by Gasteiger charge is 2.35. The largest absolute Gasteiger partial charge is 0.435 e. The van der Waals surface area contributed by atoms with Gasteiger partial charge in [0.2, 0.25) is 0 Å². The molecule has 0 radical (unpaired) electrons. The van der Waals surface area contributed by atoms with Crippen LogP contribution < -0.4 is 10.2 Å². The first kappa shape index (κ1) is 18.2. The Morgan fingerprint density at radius 1 is 1.25 bits per heavy atom. The van der Waals surface area contributed by atoms with Crippen molar-refractivity contribution in [3.05, 3.63) is 48.0 Å². The number of alkyl halides is 3. The van der Waals surface area contributed by atoms with Gasteiger partial charge in [0.1, 0.15) is 5.69 Å². The Balaban J connectivity index is 1.47. The summed E-state index contributed by atoms with van der Waals surface area (Å²) in [7, 11) is 0. The normalized spacial score (nSPS) is 19.9. The van der Waals surface area contributed by atoms with E-state index >= 15 is 0 Å². The van der Waals surface area contributed by atoms with Crippen LogP contribution in [0.1, 0.15) is 29.5 Å². The molecule has 1 aliphatic rings. The van der Waals surface area contributed by atoms with E-state index in [1.54, 1.807) is 24.5 Å². The van der Waals surface area contributed by atoms with Crippen LogP contribution in [-0.2, 0) is 6.18 Å². The number of halogens is 3. The van der Waals surface area contributed by atoms with Crippen LogP contribution in [0.4, 0.5) is 19.0 Å². The molecular weight excluding hydrogens is 373 g/mol. The van der Waals surface area contributed by atoms with E-state index in [1.807, 2.05) is 11.8 Å². The summed E-state index contributed by atoms with van der Waals surface area (Å²) in [5, 5.41) is 10.7. The Hall–Kier alpha value is -3.17. The number of aromatic amines is 1. The van der Waals surface area contributed by atoms with Gasteiger partial charge < -0.3 is 15.2 Å². The van der Waals surface area contributed by atoms with Crippen molar-refractivity contribution in [2.24, 2.45) is 0 Å². The summed E-state index contributed by atoms with van der Waals surface area (Å²) in [6, 6.07) is 5.61. The first-order chi connectivity index (χ1) is 13.3. The lowest BCUT2D eigenvalue weighted by molar-refractivity contribution is -0.141. The highest BCUT2D eigenvalue weighted by molar-refractivity contribution is 6.04. The number of nitrogens with one attached hydrogen (secondary N) is 2. The quantitative estimate of drug-likeness (QED) is 0.718. The first-order valence-electron chi connectivity index (χ1n) is 8.73. The van der Waals surface area contributed by atoms with Gasteiger partial charge in [0.25, 0.3) is 5.91 Å². The summed E-state index contributed by atoms with van der Waals surface area (Å²) >= 11 is 0. The van der Waals surface area contributed by atoms with Gasteiger partial charge in [-0.1, -0.05) is 0 Å². The summed E-state index contributed by atoms with van der Waals surface area (Å²) in [6.45, 7) is 2.35. The smallest absolute Gasteiger partial charge is 0.361 e. The fourth-order valence-corrected chi connectivity index (χ4v) is 3.50. The molecule has 2 N–H and O–H groups in total. The molecule has 3 aromatic heterocycles. The molecule has 4 rings (SSSR count). The van der Waals surface area contributed by atoms with E-state index in [0.717, 1.165) is 17.0 Å². The first-order valence-corrected chi connectivity index (χ1v) is 8.73. The number of hydrogen-bond acceptors (Lipinski definition) is 5. The number of pyridine rings is 1. The number of fused-ring (bicyclic) bond motifs is 1. The van der Waals surface area contributed by atoms with Gasteiger partial charge in [-0.2, -0.15) is 13.2 Å². The zero-order valence-corrected chi connectivity index (χ0v) is 14.9. The average molecular weight is 390 g/mol. The van der Waals surface area contributed by atoms with Crippen LogP contribution in [-0.4, -0.2) is 44.7 Å². The van der Waals surface area contributed by atoms with Crippen LogP contribution in [0, 0.1) is 0 Å². The molecule has 1 aliphatic heterocycles. The minimum atomic E-state index is -4.52. The molecular formula is C18H17F3N6O. The third-order valence-electron chi connectivity index (χ3n) is 4.84. The van der Waals surface area contributed by atoms with Crippen molar-refractivity contribution in [2.45, 2.75) is 31.6 Å². The molecule has 0 aromatic carbocycles. The average Bonchev–Trinajstić information content (AvgIpc) is 3.27. The lowest BCUT2D eigenvalue weighted by atomic mass is 10.1. The number of amides is 1. The SMILES string of the molecule is CC1CC(NC(=O)c2nccc3[nH]ccc23)CN1c1ccc(C(F)(F)F)nn1. The van der Waals surface area contributed by atoms with Crippen LogP contribution in [0.25, 0.3) is 10.9 Å². The number of anilines is 1. The third-order valence-corrected chi connectivity index (χ3v) is 4.84. The summed E-state index contributed by atoms with van der Waals surface area (Å²) in [5.74, 6) is 0.0610. The van der Waals surface area contributed by atoms with Crippen molar-refractivity contribution in [3.63, 3.8) is 0 Å². The van der Waals surface area contributed by atoms with Gasteiger partial charge >= 0.3 is 6.18 Å². The molecule has 1 saturated heterocycles. The van der Waals surface area contributed by atoms with Crippen molar-refractivity contribution >= 4 is 22.6 Å². The molecule has 0 spiro atoms. The summed E-state index contributed by atoms with van der Waals surface area (Å²) < 4.78 is 38.0. The van der Waals surface area contributed by atoms with Gasteiger partial charge in [-0.05, 0) is 37.6 Å². The fraction of sp³-hybridized carbons (Fsp3) is 0.333. The number of nitrogens with zero attached hydrogens (tertiary/aromatic N) is 4. The van der Waals surface area contributed by atoms with Crippen LogP contribution in [0.3, 0.4) is 0 Å². The van der Waals surface area contributed by atoms with Crippen LogP contribution in [0.5, 0.6) is 0 Å². The zero-order chi connectivity index (χ0) is 19.9. The molecule has 28 heavy (non-hydrogen) atoms. The Labute approximate surface area is 158 Å². The Kier molecular flexibility index (Phi) is 4.40. The lowest BCUT2D eigenvalue weighted by Gasteiger charge is -2.22. The van der Waals surface area contributed by atoms with Crippen molar-refractivity contribution in [2.75, 3.05) is 11.4 Å². The summed E-state index contributed by atoms with van der Waals surface area (Å²) in [6.07, 6.45) is -0.580. The van der Waals surface area contributed by atoms with E-state index in [-0.39, 0.29) is 18.0 Å². The van der Waals surface area contributed by atoms with Gasteiger partial charge in [0.15, 0.2) is 11.5 Å². The lowest BCUT2D eigenvalue weighted by Crippen LogP contribution is -2.37. The van der Waals surface area contributed by atoms with Crippen molar-refractivity contribution in [1.29, 1.82) is 0 Å². The zero-order valence-electron chi connectivity index (χ0n) is 14.9. The molecule has 4 heterocycles. The van der Waals surface area contributed by atoms with E-state index in [0.29, 0.717) is 24.5 Å². The number of carbonyl (C=O) groups excluding carboxylic acids is 1. The highest BCUT2D eigenvalue weighted by atomic mass is 19.4. The minimum absolute atomic E-state index is 0.00709. The maximum absolute atomic E-state index is 12.7. The van der Waals surface area contributed by atoms with Gasteiger partial charge in [-0.25, -0.2) is 0 Å². The topological polar surface area (TPSA) is 86.8 Å². The Morgan fingerprint density at radius 2 is 2.07 bits per heavy atom. The number of aromatic nitrogens is 4. The fourth-order valence-electron chi connectivity index (χ4n) is 3.50. The Bertz CT molecular complexity index is 1000. The molecule has 0 saturated carbocycles. The molecule has 1 amide bonds. The molecule has 0 aliphatic carbocycles. The standard InChI is InChI=1S/C18H17F3N6O/c1-10-8-11(9-27(10)15-3-2-14(25-26-15)18(19,20)21)24-17(28)16-12-4-6-22-13(12)5-7-23-16/h2-7,10-11,22H,8-9H2,1H3,(H,24,28). The third kappa shape index (κ3) is 3.37. The van der Waals surface area contributed by atoms with Gasteiger partial charge in [0, 0.05) is 41.9 Å². The second kappa shape index (κ2) is 6.77. The molecule has 2 unspecified atom stereocenters. The highest BCUT2D eigenvalue weighted by Crippen LogP contribution is 2.29. The molecule has 7 nitrogen and oxygen atoms in total. The second-order valence-electron chi connectivity index (χ2n) is 6.78. The van der Waals surface area contributed by atoms with Gasteiger partial charge in [-0.3, -0.25) is 9.78 Å². The van der Waals surface area contributed by atoms with E-state index in [1.165, 1.54) is 6.07 Å².